The minimum atomic E-state index is -0.495. The van der Waals surface area contributed by atoms with E-state index in [1.165, 1.54) is 0 Å². The molecule has 0 spiro atoms. The van der Waals surface area contributed by atoms with Gasteiger partial charge in [-0.25, -0.2) is 4.98 Å². The van der Waals surface area contributed by atoms with Crippen molar-refractivity contribution < 1.29 is 9.66 Å². The summed E-state index contributed by atoms with van der Waals surface area (Å²) in [5.74, 6) is 0.261. The fraction of sp³-hybridized carbons (Fsp3) is 0.619. The summed E-state index contributed by atoms with van der Waals surface area (Å²) in [6, 6.07) is 2.84. The molecule has 1 aliphatic heterocycles. The first-order valence-electron chi connectivity index (χ1n) is 11.0. The van der Waals surface area contributed by atoms with Crippen LogP contribution in [0.3, 0.4) is 0 Å². The first-order valence-corrected chi connectivity index (χ1v) is 11.0. The highest BCUT2D eigenvalue weighted by Crippen LogP contribution is 2.74. The summed E-state index contributed by atoms with van der Waals surface area (Å²) in [5, 5.41) is 25.6. The van der Waals surface area contributed by atoms with E-state index < -0.39 is 10.3 Å². The molecule has 11 nitrogen and oxygen atoms in total. The fourth-order valence-electron chi connectivity index (χ4n) is 5.67. The van der Waals surface area contributed by atoms with Crippen LogP contribution in [0.2, 0.25) is 0 Å². The maximum atomic E-state index is 11.8. The van der Waals surface area contributed by atoms with Crippen LogP contribution in [0.1, 0.15) is 62.4 Å². The second kappa shape index (κ2) is 6.38. The summed E-state index contributed by atoms with van der Waals surface area (Å²) >= 11 is 0. The molecule has 2 N–H and O–H groups in total. The SMILES string of the molecule is C[C@@H]1CN(c2nc(N)c([N+](=O)[O-])c(C34CC(C#N)(C3)C4)n2)C[C@H](c2cnn(C3CC3)c2)O1. The molecule has 0 aromatic carbocycles. The second-order valence-electron chi connectivity index (χ2n) is 9.89. The summed E-state index contributed by atoms with van der Waals surface area (Å²) in [7, 11) is 0. The lowest BCUT2D eigenvalue weighted by atomic mass is 9.34. The lowest BCUT2D eigenvalue weighted by Crippen LogP contribution is -2.64. The third-order valence-electron chi connectivity index (χ3n) is 7.31. The van der Waals surface area contributed by atoms with E-state index in [-0.39, 0.29) is 29.1 Å². The summed E-state index contributed by atoms with van der Waals surface area (Å²) < 4.78 is 8.16. The van der Waals surface area contributed by atoms with Crippen molar-refractivity contribution in [3.05, 3.63) is 33.8 Å². The number of ether oxygens (including phenoxy) is 1. The minimum absolute atomic E-state index is 0.0849. The third kappa shape index (κ3) is 2.79. The molecule has 166 valence electrons. The highest BCUT2D eigenvalue weighted by molar-refractivity contribution is 5.63. The number of aromatic nitrogens is 4. The Hall–Kier alpha value is -3.26. The topological polar surface area (TPSA) is 149 Å². The average molecular weight is 436 g/mol. The van der Waals surface area contributed by atoms with Gasteiger partial charge < -0.3 is 15.4 Å². The molecule has 4 saturated carbocycles. The standard InChI is InChI=1S/C21H24N8O3/c1-12-5-27(7-15(32-12)13-4-24-28(6-13)14-2-3-14)19-25-17(16(29(30)31)18(23)26-19)21-8-20(9-21,10-21)11-22/h4,6,12,14-15H,2-3,5,7-10H2,1H3,(H2,23,25,26)/t12-,15-,20?,21?/m1/s1. The van der Waals surface area contributed by atoms with E-state index >= 15 is 0 Å². The van der Waals surface area contributed by atoms with Crippen LogP contribution < -0.4 is 10.6 Å². The van der Waals surface area contributed by atoms with Crippen molar-refractivity contribution in [2.75, 3.05) is 23.7 Å². The molecule has 2 aromatic rings. The molecule has 4 aliphatic carbocycles. The van der Waals surface area contributed by atoms with Gasteiger partial charge in [-0.1, -0.05) is 0 Å². The molecule has 7 rings (SSSR count). The van der Waals surface area contributed by atoms with Gasteiger partial charge >= 0.3 is 5.69 Å². The predicted octanol–water partition coefficient (Wildman–Crippen LogP) is 2.41. The van der Waals surface area contributed by atoms with Crippen LogP contribution in [0.5, 0.6) is 0 Å². The van der Waals surface area contributed by atoms with Crippen LogP contribution in [-0.4, -0.2) is 43.9 Å². The van der Waals surface area contributed by atoms with Gasteiger partial charge in [-0.05, 0) is 39.0 Å². The highest BCUT2D eigenvalue weighted by atomic mass is 16.6. The van der Waals surface area contributed by atoms with E-state index in [1.54, 1.807) is 0 Å². The Morgan fingerprint density at radius 3 is 2.72 bits per heavy atom. The van der Waals surface area contributed by atoms with E-state index in [2.05, 4.69) is 21.1 Å². The molecule has 0 amide bonds. The molecule has 5 aliphatic rings. The zero-order chi connectivity index (χ0) is 22.3. The Bertz CT molecular complexity index is 1150. The maximum absolute atomic E-state index is 11.8. The Morgan fingerprint density at radius 2 is 2.06 bits per heavy atom. The van der Waals surface area contributed by atoms with Gasteiger partial charge in [0.05, 0.1) is 41.3 Å². The van der Waals surface area contributed by atoms with Crippen molar-refractivity contribution in [2.45, 2.75) is 62.7 Å². The van der Waals surface area contributed by atoms with Crippen molar-refractivity contribution in [1.82, 2.24) is 19.7 Å². The largest absolute Gasteiger partial charge is 0.378 e. The van der Waals surface area contributed by atoms with E-state index in [0.29, 0.717) is 50.0 Å². The van der Waals surface area contributed by atoms with Crippen LogP contribution in [0, 0.1) is 26.9 Å². The lowest BCUT2D eigenvalue weighted by molar-refractivity contribution is -0.386. The number of hydrogen-bond acceptors (Lipinski definition) is 9. The number of nitrogen functional groups attached to an aromatic ring is 1. The number of rotatable bonds is 5. The Balaban J connectivity index is 1.32. The van der Waals surface area contributed by atoms with Crippen molar-refractivity contribution in [3.8, 4) is 6.07 Å². The zero-order valence-electron chi connectivity index (χ0n) is 17.8. The van der Waals surface area contributed by atoms with E-state index in [1.807, 2.05) is 28.9 Å². The number of morpholine rings is 1. The molecule has 0 radical (unpaired) electrons. The number of nitriles is 1. The quantitative estimate of drug-likeness (QED) is 0.550. The first kappa shape index (κ1) is 19.4. The smallest absolute Gasteiger partial charge is 0.333 e. The van der Waals surface area contributed by atoms with Crippen molar-refractivity contribution >= 4 is 17.5 Å². The second-order valence-corrected chi connectivity index (χ2v) is 9.89. The molecular formula is C21H24N8O3. The van der Waals surface area contributed by atoms with Crippen LogP contribution in [0.15, 0.2) is 12.4 Å². The van der Waals surface area contributed by atoms with E-state index in [0.717, 1.165) is 18.4 Å². The summed E-state index contributed by atoms with van der Waals surface area (Å²) in [6.45, 7) is 3.05. The highest BCUT2D eigenvalue weighted by Gasteiger charge is 2.71. The lowest BCUT2D eigenvalue weighted by Gasteiger charge is -2.66. The number of anilines is 2. The number of hydrogen-bond donors (Lipinski definition) is 1. The Kier molecular flexibility index (Phi) is 3.88. The third-order valence-corrected chi connectivity index (χ3v) is 7.31. The van der Waals surface area contributed by atoms with E-state index in [4.69, 9.17) is 10.5 Å². The normalized spacial score (nSPS) is 33.2. The Morgan fingerprint density at radius 1 is 1.31 bits per heavy atom. The van der Waals surface area contributed by atoms with Crippen LogP contribution in [-0.2, 0) is 10.2 Å². The van der Waals surface area contributed by atoms with Gasteiger partial charge in [0, 0.05) is 23.7 Å². The van der Waals surface area contributed by atoms with Gasteiger partial charge in [0.25, 0.3) is 0 Å². The molecule has 32 heavy (non-hydrogen) atoms. The molecule has 0 unspecified atom stereocenters. The van der Waals surface area contributed by atoms with Gasteiger partial charge in [0.2, 0.25) is 11.8 Å². The molecule has 3 heterocycles. The molecule has 5 fully saturated rings. The van der Waals surface area contributed by atoms with Gasteiger partial charge in [0.1, 0.15) is 11.8 Å². The van der Waals surface area contributed by atoms with Gasteiger partial charge in [-0.3, -0.25) is 14.8 Å². The van der Waals surface area contributed by atoms with Gasteiger partial charge in [0.15, 0.2) is 0 Å². The minimum Gasteiger partial charge on any atom is -0.378 e. The molecule has 2 bridgehead atoms. The molecule has 2 atom stereocenters. The Labute approximate surface area is 184 Å². The van der Waals surface area contributed by atoms with Gasteiger partial charge in [-0.2, -0.15) is 15.3 Å². The number of nitrogens with two attached hydrogens (primary N) is 1. The summed E-state index contributed by atoms with van der Waals surface area (Å²) in [4.78, 5) is 22.3. The van der Waals surface area contributed by atoms with Crippen LogP contribution in [0.25, 0.3) is 0 Å². The molecular weight excluding hydrogens is 412 g/mol. The van der Waals surface area contributed by atoms with Crippen molar-refractivity contribution in [2.24, 2.45) is 5.41 Å². The molecule has 1 saturated heterocycles. The van der Waals surface area contributed by atoms with E-state index in [9.17, 15) is 15.4 Å². The molecule has 2 aromatic heterocycles. The maximum Gasteiger partial charge on any atom is 0.333 e. The fourth-order valence-corrected chi connectivity index (χ4v) is 5.67. The zero-order valence-corrected chi connectivity index (χ0v) is 17.8. The number of nitrogens with zero attached hydrogens (tertiary/aromatic N) is 7. The van der Waals surface area contributed by atoms with Crippen molar-refractivity contribution in [3.63, 3.8) is 0 Å². The summed E-state index contributed by atoms with van der Waals surface area (Å²) in [6.07, 6.45) is 7.69. The van der Waals surface area contributed by atoms with Crippen LogP contribution in [0.4, 0.5) is 17.5 Å². The summed E-state index contributed by atoms with van der Waals surface area (Å²) in [5.41, 5.74) is 6.45. The first-order chi connectivity index (χ1) is 15.3. The molecule has 11 heteroatoms. The number of nitro groups is 1. The monoisotopic (exact) mass is 436 g/mol. The van der Waals surface area contributed by atoms with Crippen LogP contribution >= 0.6 is 0 Å². The average Bonchev–Trinajstić information content (AvgIpc) is 3.42. The predicted molar refractivity (Wildman–Crippen MR) is 113 cm³/mol. The van der Waals surface area contributed by atoms with Crippen molar-refractivity contribution in [1.29, 1.82) is 5.26 Å². The van der Waals surface area contributed by atoms with Gasteiger partial charge in [-0.15, -0.1) is 0 Å².